The molecule has 128 valence electrons. The van der Waals surface area contributed by atoms with Gasteiger partial charge in [0.25, 0.3) is 0 Å². The van der Waals surface area contributed by atoms with Gasteiger partial charge in [-0.25, -0.2) is 4.79 Å². The van der Waals surface area contributed by atoms with E-state index in [2.05, 4.69) is 5.32 Å². The molecular weight excluding hydrogens is 339 g/mol. The molecule has 1 aliphatic heterocycles. The fourth-order valence-corrected chi connectivity index (χ4v) is 2.62. The van der Waals surface area contributed by atoms with E-state index in [9.17, 15) is 18.0 Å². The fraction of sp³-hybridized carbons (Fsp3) is 0.118. The van der Waals surface area contributed by atoms with Crippen molar-refractivity contribution in [3.63, 3.8) is 0 Å². The molecule has 0 saturated heterocycles. The summed E-state index contributed by atoms with van der Waals surface area (Å²) < 4.78 is 54.5. The smallest absolute Gasteiger partial charge is 0.417 e. The molecule has 0 bridgehead atoms. The van der Waals surface area contributed by atoms with Gasteiger partial charge < -0.3 is 19.2 Å². The molecule has 5 nitrogen and oxygen atoms in total. The van der Waals surface area contributed by atoms with Crippen molar-refractivity contribution in [3.05, 3.63) is 58.4 Å². The Bertz CT molecular complexity index is 1030. The number of hydrogen-bond donors (Lipinski definition) is 1. The molecule has 1 aliphatic rings. The highest BCUT2D eigenvalue weighted by molar-refractivity contribution is 5.85. The van der Waals surface area contributed by atoms with E-state index in [-0.39, 0.29) is 17.8 Å². The van der Waals surface area contributed by atoms with Crippen molar-refractivity contribution in [2.75, 3.05) is 12.1 Å². The summed E-state index contributed by atoms with van der Waals surface area (Å²) >= 11 is 0. The van der Waals surface area contributed by atoms with Crippen LogP contribution in [0, 0.1) is 0 Å². The standard InChI is InChI=1S/C17H10F3NO4/c18-17(19,20)12-7-16(22)25-14-5-9(1-3-11(12)14)21-10-2-4-13-15(6-10)24-8-23-13/h1-7,21H,8H2. The summed E-state index contributed by atoms with van der Waals surface area (Å²) in [5, 5.41) is 2.85. The van der Waals surface area contributed by atoms with E-state index in [0.29, 0.717) is 28.9 Å². The van der Waals surface area contributed by atoms with Gasteiger partial charge in [0.15, 0.2) is 11.5 Å². The number of benzene rings is 2. The average molecular weight is 349 g/mol. The maximum atomic E-state index is 13.1. The predicted octanol–water partition coefficient (Wildman–Crippen LogP) is 4.28. The van der Waals surface area contributed by atoms with Gasteiger partial charge >= 0.3 is 11.8 Å². The number of rotatable bonds is 2. The summed E-state index contributed by atoms with van der Waals surface area (Å²) in [6.07, 6.45) is -4.64. The van der Waals surface area contributed by atoms with Gasteiger partial charge in [-0.05, 0) is 24.3 Å². The molecule has 3 aromatic rings. The minimum atomic E-state index is -4.64. The maximum absolute atomic E-state index is 13.1. The first-order valence-electron chi connectivity index (χ1n) is 7.22. The Hall–Kier alpha value is -3.16. The molecule has 2 aromatic carbocycles. The lowest BCUT2D eigenvalue weighted by atomic mass is 10.1. The lowest BCUT2D eigenvalue weighted by Crippen LogP contribution is -2.11. The first-order valence-corrected chi connectivity index (χ1v) is 7.22. The molecule has 0 saturated carbocycles. The highest BCUT2D eigenvalue weighted by Gasteiger charge is 2.33. The quantitative estimate of drug-likeness (QED) is 0.700. The summed E-state index contributed by atoms with van der Waals surface area (Å²) in [6.45, 7) is 0.139. The van der Waals surface area contributed by atoms with E-state index < -0.39 is 17.4 Å². The van der Waals surface area contributed by atoms with Crippen LogP contribution in [0.3, 0.4) is 0 Å². The molecule has 0 amide bonds. The van der Waals surface area contributed by atoms with Crippen LogP contribution in [-0.2, 0) is 6.18 Å². The summed E-state index contributed by atoms with van der Waals surface area (Å²) in [4.78, 5) is 11.4. The molecule has 0 atom stereocenters. The summed E-state index contributed by atoms with van der Waals surface area (Å²) in [5.74, 6) is 1.18. The van der Waals surface area contributed by atoms with Crippen molar-refractivity contribution < 1.29 is 27.1 Å². The van der Waals surface area contributed by atoms with Crippen LogP contribution in [-0.4, -0.2) is 6.79 Å². The van der Waals surface area contributed by atoms with Crippen molar-refractivity contribution in [1.82, 2.24) is 0 Å². The summed E-state index contributed by atoms with van der Waals surface area (Å²) in [5.41, 5.74) is -1.11. The van der Waals surface area contributed by atoms with E-state index in [4.69, 9.17) is 13.9 Å². The molecule has 0 unspecified atom stereocenters. The van der Waals surface area contributed by atoms with Crippen LogP contribution in [0.5, 0.6) is 11.5 Å². The third kappa shape index (κ3) is 2.86. The van der Waals surface area contributed by atoms with Gasteiger partial charge in [0.2, 0.25) is 6.79 Å². The fourth-order valence-electron chi connectivity index (χ4n) is 2.62. The zero-order valence-corrected chi connectivity index (χ0v) is 12.5. The zero-order valence-electron chi connectivity index (χ0n) is 12.5. The molecule has 1 N–H and O–H groups in total. The Morgan fingerprint density at radius 1 is 0.920 bits per heavy atom. The number of fused-ring (bicyclic) bond motifs is 2. The number of ether oxygens (including phenoxy) is 2. The van der Waals surface area contributed by atoms with Crippen LogP contribution in [0.2, 0.25) is 0 Å². The van der Waals surface area contributed by atoms with Crippen LogP contribution < -0.4 is 20.4 Å². The topological polar surface area (TPSA) is 60.7 Å². The number of anilines is 2. The van der Waals surface area contributed by atoms with Crippen LogP contribution in [0.1, 0.15) is 5.56 Å². The molecule has 0 spiro atoms. The summed E-state index contributed by atoms with van der Waals surface area (Å²) in [6, 6.07) is 9.69. The Balaban J connectivity index is 1.73. The zero-order chi connectivity index (χ0) is 17.6. The molecule has 0 radical (unpaired) electrons. The van der Waals surface area contributed by atoms with Gasteiger partial charge in [-0.3, -0.25) is 0 Å². The van der Waals surface area contributed by atoms with Crippen molar-refractivity contribution >= 4 is 22.3 Å². The highest BCUT2D eigenvalue weighted by atomic mass is 19.4. The van der Waals surface area contributed by atoms with Gasteiger partial charge in [-0.2, -0.15) is 13.2 Å². The van der Waals surface area contributed by atoms with Crippen LogP contribution >= 0.6 is 0 Å². The van der Waals surface area contributed by atoms with Crippen LogP contribution in [0.25, 0.3) is 11.0 Å². The average Bonchev–Trinajstić information content (AvgIpc) is 3.00. The molecule has 4 rings (SSSR count). The maximum Gasteiger partial charge on any atom is 0.417 e. The van der Waals surface area contributed by atoms with Gasteiger partial charge in [0.1, 0.15) is 5.58 Å². The molecule has 1 aromatic heterocycles. The normalized spacial score (nSPS) is 13.2. The van der Waals surface area contributed by atoms with E-state index in [1.165, 1.54) is 18.2 Å². The number of hydrogen-bond acceptors (Lipinski definition) is 5. The minimum Gasteiger partial charge on any atom is -0.454 e. The van der Waals surface area contributed by atoms with Gasteiger partial charge in [0, 0.05) is 35.0 Å². The Labute approximate surface area is 138 Å². The van der Waals surface area contributed by atoms with Crippen LogP contribution in [0.4, 0.5) is 24.5 Å². The van der Waals surface area contributed by atoms with E-state index in [0.717, 1.165) is 0 Å². The molecule has 8 heteroatoms. The van der Waals surface area contributed by atoms with Crippen molar-refractivity contribution in [3.8, 4) is 11.5 Å². The van der Waals surface area contributed by atoms with E-state index in [1.807, 2.05) is 0 Å². The van der Waals surface area contributed by atoms with Gasteiger partial charge in [-0.15, -0.1) is 0 Å². The molecular formula is C17H10F3NO4. The lowest BCUT2D eigenvalue weighted by molar-refractivity contribution is -0.136. The van der Waals surface area contributed by atoms with Gasteiger partial charge in [-0.1, -0.05) is 0 Å². The van der Waals surface area contributed by atoms with Crippen molar-refractivity contribution in [1.29, 1.82) is 0 Å². The number of nitrogens with one attached hydrogen (secondary N) is 1. The second-order valence-corrected chi connectivity index (χ2v) is 5.38. The largest absolute Gasteiger partial charge is 0.454 e. The third-order valence-corrected chi connectivity index (χ3v) is 3.71. The van der Waals surface area contributed by atoms with Crippen molar-refractivity contribution in [2.24, 2.45) is 0 Å². The molecule has 25 heavy (non-hydrogen) atoms. The molecule has 0 fully saturated rings. The van der Waals surface area contributed by atoms with E-state index >= 15 is 0 Å². The second kappa shape index (κ2) is 5.44. The lowest BCUT2D eigenvalue weighted by Gasteiger charge is -2.11. The van der Waals surface area contributed by atoms with Crippen LogP contribution in [0.15, 0.2) is 51.7 Å². The highest BCUT2D eigenvalue weighted by Crippen LogP contribution is 2.37. The predicted molar refractivity (Wildman–Crippen MR) is 83.3 cm³/mol. The number of halogens is 3. The van der Waals surface area contributed by atoms with Crippen molar-refractivity contribution in [2.45, 2.75) is 6.18 Å². The third-order valence-electron chi connectivity index (χ3n) is 3.71. The Kier molecular flexibility index (Phi) is 3.34. The summed E-state index contributed by atoms with van der Waals surface area (Å²) in [7, 11) is 0. The molecule has 0 aliphatic carbocycles. The first-order chi connectivity index (χ1) is 11.9. The Morgan fingerprint density at radius 3 is 2.44 bits per heavy atom. The second-order valence-electron chi connectivity index (χ2n) is 5.38. The molecule has 2 heterocycles. The van der Waals surface area contributed by atoms with E-state index in [1.54, 1.807) is 18.2 Å². The minimum absolute atomic E-state index is 0.139. The monoisotopic (exact) mass is 349 g/mol. The first kappa shape index (κ1) is 15.4. The SMILES string of the molecule is O=c1cc(C(F)(F)F)c2ccc(Nc3ccc4c(c3)OCO4)cc2o1. The Morgan fingerprint density at radius 2 is 1.64 bits per heavy atom. The number of alkyl halides is 3. The van der Waals surface area contributed by atoms with Gasteiger partial charge in [0.05, 0.1) is 5.56 Å².